The van der Waals surface area contributed by atoms with Gasteiger partial charge in [0, 0.05) is 16.0 Å². The van der Waals surface area contributed by atoms with Crippen LogP contribution in [0, 0.1) is 6.92 Å². The Hall–Kier alpha value is -2.72. The van der Waals surface area contributed by atoms with E-state index in [-0.39, 0.29) is 48.4 Å². The summed E-state index contributed by atoms with van der Waals surface area (Å²) in [7, 11) is -3.10. The van der Waals surface area contributed by atoms with Crippen LogP contribution in [-0.2, 0) is 16.2 Å². The van der Waals surface area contributed by atoms with Gasteiger partial charge in [-0.25, -0.2) is 12.4 Å². The van der Waals surface area contributed by atoms with Crippen molar-refractivity contribution in [2.24, 2.45) is 0 Å². The summed E-state index contributed by atoms with van der Waals surface area (Å²) in [6, 6.07) is 13.1. The second-order valence-corrected chi connectivity index (χ2v) is 10.3. The molecular formula is C24H18Cl2F3NO4S. The number of halogens is 5. The first kappa shape index (κ1) is 25.4. The van der Waals surface area contributed by atoms with Gasteiger partial charge in [-0.05, 0) is 55.0 Å². The molecule has 11 heteroatoms. The number of nitrogens with zero attached hydrogens (tertiary/aromatic N) is 1. The number of hydrogen-bond donors (Lipinski definition) is 1. The fraction of sp³-hybridized carbons (Fsp3) is 0.167. The van der Waals surface area contributed by atoms with Crippen molar-refractivity contribution in [2.45, 2.75) is 24.1 Å². The van der Waals surface area contributed by atoms with Crippen molar-refractivity contribution in [3.8, 4) is 5.75 Å². The zero-order valence-corrected chi connectivity index (χ0v) is 20.6. The highest BCUT2D eigenvalue weighted by molar-refractivity contribution is 7.90. The van der Waals surface area contributed by atoms with E-state index in [0.29, 0.717) is 3.97 Å². The molecule has 0 radical (unpaired) electrons. The number of aliphatic hydroxyl groups is 1. The Balaban J connectivity index is 2.11. The molecule has 35 heavy (non-hydrogen) atoms. The van der Waals surface area contributed by atoms with Crippen LogP contribution in [0.4, 0.5) is 13.2 Å². The second kappa shape index (κ2) is 9.05. The Kier molecular flexibility index (Phi) is 6.56. The Bertz CT molecular complexity index is 1530. The van der Waals surface area contributed by atoms with Gasteiger partial charge in [0.2, 0.25) is 0 Å². The molecule has 4 rings (SSSR count). The fourth-order valence-electron chi connectivity index (χ4n) is 3.91. The van der Waals surface area contributed by atoms with Crippen molar-refractivity contribution in [1.29, 1.82) is 0 Å². The SMILES string of the molecule is COc1ccc(Cl)c(C(O)c2cc3c(C)cc(C(F)(F)F)cc3n2S(=O)(=O)c2ccccc2)c1Cl. The van der Waals surface area contributed by atoms with Crippen LogP contribution in [0.1, 0.15) is 28.5 Å². The van der Waals surface area contributed by atoms with Crippen LogP contribution in [0.25, 0.3) is 10.9 Å². The molecule has 3 aromatic carbocycles. The smallest absolute Gasteiger partial charge is 0.416 e. The van der Waals surface area contributed by atoms with Crippen molar-refractivity contribution >= 4 is 44.1 Å². The van der Waals surface area contributed by atoms with Gasteiger partial charge in [-0.1, -0.05) is 41.4 Å². The number of aromatic nitrogens is 1. The molecule has 0 aliphatic rings. The van der Waals surface area contributed by atoms with E-state index in [2.05, 4.69) is 0 Å². The number of rotatable bonds is 5. The topological polar surface area (TPSA) is 68.5 Å². The lowest BCUT2D eigenvalue weighted by atomic mass is 10.0. The van der Waals surface area contributed by atoms with E-state index in [1.807, 2.05) is 0 Å². The zero-order chi connectivity index (χ0) is 25.7. The summed E-state index contributed by atoms with van der Waals surface area (Å²) in [6.07, 6.45) is -6.44. The summed E-state index contributed by atoms with van der Waals surface area (Å²) in [5, 5.41) is 11.5. The monoisotopic (exact) mass is 543 g/mol. The number of aliphatic hydroxyl groups excluding tert-OH is 1. The zero-order valence-electron chi connectivity index (χ0n) is 18.3. The van der Waals surface area contributed by atoms with E-state index in [1.165, 1.54) is 56.5 Å². The first-order valence-corrected chi connectivity index (χ1v) is 12.3. The number of hydrogen-bond acceptors (Lipinski definition) is 4. The first-order chi connectivity index (χ1) is 16.4. The van der Waals surface area contributed by atoms with Gasteiger partial charge in [0.25, 0.3) is 10.0 Å². The molecule has 1 heterocycles. The Morgan fingerprint density at radius 3 is 2.29 bits per heavy atom. The Labute approximate surface area is 209 Å². The summed E-state index contributed by atoms with van der Waals surface area (Å²) in [5.41, 5.74) is -1.38. The highest BCUT2D eigenvalue weighted by Gasteiger charge is 2.35. The third-order valence-electron chi connectivity index (χ3n) is 5.58. The Morgan fingerprint density at radius 1 is 1.03 bits per heavy atom. The summed E-state index contributed by atoms with van der Waals surface area (Å²) < 4.78 is 74.1. The van der Waals surface area contributed by atoms with Gasteiger partial charge in [-0.15, -0.1) is 0 Å². The van der Waals surface area contributed by atoms with Crippen molar-refractivity contribution in [2.75, 3.05) is 7.11 Å². The largest absolute Gasteiger partial charge is 0.495 e. The van der Waals surface area contributed by atoms with Crippen LogP contribution in [0.15, 0.2) is 65.6 Å². The molecule has 4 aromatic rings. The van der Waals surface area contributed by atoms with E-state index in [1.54, 1.807) is 6.07 Å². The van der Waals surface area contributed by atoms with Crippen molar-refractivity contribution in [3.05, 3.63) is 93.1 Å². The minimum atomic E-state index is -4.72. The van der Waals surface area contributed by atoms with Gasteiger partial charge in [0.15, 0.2) is 0 Å². The molecular weight excluding hydrogens is 526 g/mol. The number of ether oxygens (including phenoxy) is 1. The van der Waals surface area contributed by atoms with Crippen LogP contribution < -0.4 is 4.74 Å². The van der Waals surface area contributed by atoms with Gasteiger partial charge >= 0.3 is 6.18 Å². The quantitative estimate of drug-likeness (QED) is 0.307. The first-order valence-electron chi connectivity index (χ1n) is 10.1. The lowest BCUT2D eigenvalue weighted by molar-refractivity contribution is -0.137. The van der Waals surface area contributed by atoms with Crippen LogP contribution in [0.2, 0.25) is 10.0 Å². The molecule has 1 atom stereocenters. The second-order valence-electron chi connectivity index (χ2n) is 7.76. The van der Waals surface area contributed by atoms with Gasteiger partial charge in [0.05, 0.1) is 33.8 Å². The maximum atomic E-state index is 13.7. The molecule has 184 valence electrons. The highest BCUT2D eigenvalue weighted by Crippen LogP contribution is 2.43. The van der Waals surface area contributed by atoms with Gasteiger partial charge in [0.1, 0.15) is 11.9 Å². The predicted molar refractivity (Wildman–Crippen MR) is 128 cm³/mol. The molecule has 0 bridgehead atoms. The summed E-state index contributed by atoms with van der Waals surface area (Å²) >= 11 is 12.7. The molecule has 0 aliphatic heterocycles. The number of fused-ring (bicyclic) bond motifs is 1. The third-order valence-corrected chi connectivity index (χ3v) is 8.06. The third kappa shape index (κ3) is 4.38. The minimum absolute atomic E-state index is 0.0184. The average Bonchev–Trinajstić information content (AvgIpc) is 3.20. The summed E-state index contributed by atoms with van der Waals surface area (Å²) in [6.45, 7) is 1.43. The van der Waals surface area contributed by atoms with E-state index in [9.17, 15) is 26.7 Å². The minimum Gasteiger partial charge on any atom is -0.495 e. The molecule has 0 fully saturated rings. The molecule has 5 nitrogen and oxygen atoms in total. The molecule has 0 aliphatic carbocycles. The Morgan fingerprint density at radius 2 is 1.69 bits per heavy atom. The number of methoxy groups -OCH3 is 1. The molecule has 0 amide bonds. The normalized spacial score (nSPS) is 13.3. The maximum absolute atomic E-state index is 13.7. The van der Waals surface area contributed by atoms with E-state index >= 15 is 0 Å². The van der Waals surface area contributed by atoms with Gasteiger partial charge in [-0.3, -0.25) is 0 Å². The van der Waals surface area contributed by atoms with Gasteiger partial charge in [-0.2, -0.15) is 13.2 Å². The van der Waals surface area contributed by atoms with E-state index in [0.717, 1.165) is 12.1 Å². The van der Waals surface area contributed by atoms with Crippen LogP contribution in [0.5, 0.6) is 5.75 Å². The summed E-state index contributed by atoms with van der Waals surface area (Å²) in [5.74, 6) is 0.175. The molecule has 1 aromatic heterocycles. The maximum Gasteiger partial charge on any atom is 0.416 e. The molecule has 0 saturated heterocycles. The number of aryl methyl sites for hydroxylation is 1. The highest BCUT2D eigenvalue weighted by atomic mass is 35.5. The van der Waals surface area contributed by atoms with Crippen LogP contribution in [-0.4, -0.2) is 24.6 Å². The van der Waals surface area contributed by atoms with Crippen LogP contribution in [0.3, 0.4) is 0 Å². The van der Waals surface area contributed by atoms with Gasteiger partial charge < -0.3 is 9.84 Å². The van der Waals surface area contributed by atoms with Crippen LogP contribution >= 0.6 is 23.2 Å². The standard InChI is InChI=1S/C24H18Cl2F3NO4S/c1-13-10-14(24(27,28)29)11-18-16(13)12-19(30(18)35(32,33)15-6-4-3-5-7-15)23(31)21-17(25)8-9-20(34-2)22(21)26/h3-12,23,31H,1-2H3. The van der Waals surface area contributed by atoms with Crippen molar-refractivity contribution in [3.63, 3.8) is 0 Å². The number of benzene rings is 3. The molecule has 0 saturated carbocycles. The van der Waals surface area contributed by atoms with E-state index < -0.39 is 27.9 Å². The van der Waals surface area contributed by atoms with Crippen molar-refractivity contribution < 1.29 is 31.4 Å². The fourth-order valence-corrected chi connectivity index (χ4v) is 6.11. The van der Waals surface area contributed by atoms with Crippen molar-refractivity contribution in [1.82, 2.24) is 3.97 Å². The van der Waals surface area contributed by atoms with E-state index in [4.69, 9.17) is 27.9 Å². The average molecular weight is 544 g/mol. The lowest BCUT2D eigenvalue weighted by Crippen LogP contribution is -2.19. The molecule has 1 unspecified atom stereocenters. The number of alkyl halides is 3. The summed E-state index contributed by atoms with van der Waals surface area (Å²) in [4.78, 5) is -0.177. The molecule has 0 spiro atoms. The predicted octanol–water partition coefficient (Wildman–Crippen LogP) is 6.60. The molecule has 1 N–H and O–H groups in total. The lowest BCUT2D eigenvalue weighted by Gasteiger charge is -2.19.